The number of amides is 1. The summed E-state index contributed by atoms with van der Waals surface area (Å²) in [5.74, 6) is -0.0820. The monoisotopic (exact) mass is 318 g/mol. The molecule has 0 spiro atoms. The second-order valence-corrected chi connectivity index (χ2v) is 5.20. The Morgan fingerprint density at radius 2 is 2.00 bits per heavy atom. The van der Waals surface area contributed by atoms with Crippen LogP contribution in [0.3, 0.4) is 0 Å². The van der Waals surface area contributed by atoms with Crippen molar-refractivity contribution in [3.63, 3.8) is 0 Å². The molecule has 0 bridgehead atoms. The van der Waals surface area contributed by atoms with Crippen LogP contribution in [0.25, 0.3) is 0 Å². The molecular weight excluding hydrogens is 304 g/mol. The van der Waals surface area contributed by atoms with Crippen LogP contribution in [0.1, 0.15) is 21.5 Å². The third-order valence-corrected chi connectivity index (χ3v) is 3.47. The van der Waals surface area contributed by atoms with Crippen molar-refractivity contribution in [3.05, 3.63) is 63.9 Å². The molecule has 1 aromatic carbocycles. The fourth-order valence-electron chi connectivity index (χ4n) is 1.73. The molecule has 0 aliphatic rings. The average molecular weight is 319 g/mol. The number of hydrogen-bond donors (Lipinski definition) is 1. The number of aryl methyl sites for hydroxylation is 1. The van der Waals surface area contributed by atoms with Gasteiger partial charge in [-0.3, -0.25) is 9.78 Å². The zero-order chi connectivity index (χ0) is 13.7. The Labute approximate surface area is 121 Å². The van der Waals surface area contributed by atoms with Crippen molar-refractivity contribution in [2.45, 2.75) is 13.3 Å². The van der Waals surface area contributed by atoms with E-state index in [1.807, 2.05) is 0 Å². The molecule has 0 saturated heterocycles. The number of aromatic nitrogens is 1. The van der Waals surface area contributed by atoms with E-state index in [1.54, 1.807) is 18.5 Å². The summed E-state index contributed by atoms with van der Waals surface area (Å²) in [5, 5.41) is 2.91. The van der Waals surface area contributed by atoms with Gasteiger partial charge in [-0.15, -0.1) is 0 Å². The van der Waals surface area contributed by atoms with E-state index >= 15 is 0 Å². The van der Waals surface area contributed by atoms with Gasteiger partial charge in [-0.05, 0) is 40.9 Å². The molecule has 0 aliphatic carbocycles. The summed E-state index contributed by atoms with van der Waals surface area (Å²) in [6, 6.07) is 10.0. The van der Waals surface area contributed by atoms with Gasteiger partial charge in [-0.1, -0.05) is 29.8 Å². The van der Waals surface area contributed by atoms with Crippen LogP contribution in [0.4, 0.5) is 0 Å². The lowest BCUT2D eigenvalue weighted by Crippen LogP contribution is -2.26. The first-order valence-corrected chi connectivity index (χ1v) is 6.89. The predicted octanol–water partition coefficient (Wildman–Crippen LogP) is 3.13. The summed E-state index contributed by atoms with van der Waals surface area (Å²) in [4.78, 5) is 15.9. The Hall–Kier alpha value is -1.68. The summed E-state index contributed by atoms with van der Waals surface area (Å²) in [7, 11) is 0. The average Bonchev–Trinajstić information content (AvgIpc) is 2.41. The molecule has 98 valence electrons. The van der Waals surface area contributed by atoms with Gasteiger partial charge in [0.1, 0.15) is 0 Å². The lowest BCUT2D eigenvalue weighted by Gasteiger charge is -2.06. The maximum atomic E-state index is 11.9. The molecule has 0 unspecified atom stereocenters. The van der Waals surface area contributed by atoms with E-state index in [-0.39, 0.29) is 5.91 Å². The van der Waals surface area contributed by atoms with Crippen molar-refractivity contribution < 1.29 is 4.79 Å². The van der Waals surface area contributed by atoms with Crippen molar-refractivity contribution >= 4 is 21.8 Å². The van der Waals surface area contributed by atoms with Gasteiger partial charge in [0, 0.05) is 23.4 Å². The van der Waals surface area contributed by atoms with Crippen LogP contribution >= 0.6 is 15.9 Å². The fourth-order valence-corrected chi connectivity index (χ4v) is 2.16. The Balaban J connectivity index is 1.88. The number of benzene rings is 1. The van der Waals surface area contributed by atoms with E-state index in [2.05, 4.69) is 57.4 Å². The van der Waals surface area contributed by atoms with Crippen molar-refractivity contribution in [1.82, 2.24) is 10.3 Å². The standard InChI is InChI=1S/C15H15BrN2O/c1-11-2-4-12(5-3-11)6-9-18-15(19)13-7-8-17-10-14(13)16/h2-5,7-8,10H,6,9H2,1H3,(H,18,19). The minimum atomic E-state index is -0.0820. The number of halogens is 1. The van der Waals surface area contributed by atoms with E-state index in [9.17, 15) is 4.79 Å². The maximum Gasteiger partial charge on any atom is 0.252 e. The molecule has 2 rings (SSSR count). The number of nitrogens with one attached hydrogen (secondary N) is 1. The third kappa shape index (κ3) is 3.89. The SMILES string of the molecule is Cc1ccc(CCNC(=O)c2ccncc2Br)cc1. The molecular formula is C15H15BrN2O. The Kier molecular flexibility index (Phi) is 4.68. The van der Waals surface area contributed by atoms with Crippen LogP contribution in [0.15, 0.2) is 47.2 Å². The molecule has 0 saturated carbocycles. The van der Waals surface area contributed by atoms with Crippen LogP contribution in [0.2, 0.25) is 0 Å². The second-order valence-electron chi connectivity index (χ2n) is 4.35. The lowest BCUT2D eigenvalue weighted by molar-refractivity contribution is 0.0953. The van der Waals surface area contributed by atoms with Gasteiger partial charge in [0.05, 0.1) is 5.56 Å². The zero-order valence-electron chi connectivity index (χ0n) is 10.7. The van der Waals surface area contributed by atoms with Crippen LogP contribution in [0.5, 0.6) is 0 Å². The Bertz CT molecular complexity index is 567. The highest BCUT2D eigenvalue weighted by Gasteiger charge is 2.08. The van der Waals surface area contributed by atoms with Crippen molar-refractivity contribution in [2.75, 3.05) is 6.54 Å². The number of carbonyl (C=O) groups is 1. The van der Waals surface area contributed by atoms with Gasteiger partial charge >= 0.3 is 0 Å². The van der Waals surface area contributed by atoms with Crippen molar-refractivity contribution in [2.24, 2.45) is 0 Å². The molecule has 3 nitrogen and oxygen atoms in total. The van der Waals surface area contributed by atoms with Gasteiger partial charge in [0.25, 0.3) is 5.91 Å². The van der Waals surface area contributed by atoms with Crippen LogP contribution in [-0.2, 0) is 6.42 Å². The van der Waals surface area contributed by atoms with E-state index < -0.39 is 0 Å². The first-order chi connectivity index (χ1) is 9.16. The first-order valence-electron chi connectivity index (χ1n) is 6.10. The molecule has 1 heterocycles. The van der Waals surface area contributed by atoms with E-state index in [0.29, 0.717) is 16.6 Å². The number of nitrogens with zero attached hydrogens (tertiary/aromatic N) is 1. The number of carbonyl (C=O) groups excluding carboxylic acids is 1. The lowest BCUT2D eigenvalue weighted by atomic mass is 10.1. The molecule has 0 aliphatic heterocycles. The minimum Gasteiger partial charge on any atom is -0.352 e. The van der Waals surface area contributed by atoms with E-state index in [4.69, 9.17) is 0 Å². The molecule has 1 amide bonds. The highest BCUT2D eigenvalue weighted by molar-refractivity contribution is 9.10. The van der Waals surface area contributed by atoms with E-state index in [0.717, 1.165) is 6.42 Å². The minimum absolute atomic E-state index is 0.0820. The number of hydrogen-bond acceptors (Lipinski definition) is 2. The van der Waals surface area contributed by atoms with Gasteiger partial charge in [0.2, 0.25) is 0 Å². The largest absolute Gasteiger partial charge is 0.352 e. The predicted molar refractivity (Wildman–Crippen MR) is 79.2 cm³/mol. The summed E-state index contributed by atoms with van der Waals surface area (Å²) in [5.41, 5.74) is 3.08. The highest BCUT2D eigenvalue weighted by Crippen LogP contribution is 2.13. The number of pyridine rings is 1. The summed E-state index contributed by atoms with van der Waals surface area (Å²) < 4.78 is 0.711. The molecule has 0 atom stereocenters. The Morgan fingerprint density at radius 1 is 1.26 bits per heavy atom. The van der Waals surface area contributed by atoms with Gasteiger partial charge in [-0.25, -0.2) is 0 Å². The first kappa shape index (κ1) is 13.7. The second kappa shape index (κ2) is 6.48. The molecule has 4 heteroatoms. The normalized spacial score (nSPS) is 10.2. The molecule has 1 N–H and O–H groups in total. The number of rotatable bonds is 4. The van der Waals surface area contributed by atoms with Crippen molar-refractivity contribution in [1.29, 1.82) is 0 Å². The van der Waals surface area contributed by atoms with Crippen LogP contribution in [-0.4, -0.2) is 17.4 Å². The Morgan fingerprint density at radius 3 is 2.68 bits per heavy atom. The smallest absolute Gasteiger partial charge is 0.252 e. The zero-order valence-corrected chi connectivity index (χ0v) is 12.3. The van der Waals surface area contributed by atoms with Gasteiger partial charge < -0.3 is 5.32 Å². The summed E-state index contributed by atoms with van der Waals surface area (Å²) in [6.45, 7) is 2.68. The topological polar surface area (TPSA) is 42.0 Å². The quantitative estimate of drug-likeness (QED) is 0.941. The molecule has 19 heavy (non-hydrogen) atoms. The third-order valence-electron chi connectivity index (χ3n) is 2.84. The van der Waals surface area contributed by atoms with Crippen molar-refractivity contribution in [3.8, 4) is 0 Å². The maximum absolute atomic E-state index is 11.9. The molecule has 0 radical (unpaired) electrons. The van der Waals surface area contributed by atoms with E-state index in [1.165, 1.54) is 11.1 Å². The fraction of sp³-hybridized carbons (Fsp3) is 0.200. The molecule has 0 fully saturated rings. The summed E-state index contributed by atoms with van der Waals surface area (Å²) >= 11 is 3.32. The van der Waals surface area contributed by atoms with Gasteiger partial charge in [-0.2, -0.15) is 0 Å². The van der Waals surface area contributed by atoms with Gasteiger partial charge in [0.15, 0.2) is 0 Å². The molecule has 2 aromatic rings. The highest BCUT2D eigenvalue weighted by atomic mass is 79.9. The van der Waals surface area contributed by atoms with Crippen LogP contribution < -0.4 is 5.32 Å². The molecule has 1 aromatic heterocycles. The summed E-state index contributed by atoms with van der Waals surface area (Å²) in [6.07, 6.45) is 4.06. The van der Waals surface area contributed by atoms with Crippen LogP contribution in [0, 0.1) is 6.92 Å².